The van der Waals surface area contributed by atoms with Crippen molar-refractivity contribution in [2.75, 3.05) is 27.2 Å². The van der Waals surface area contributed by atoms with Gasteiger partial charge in [-0.25, -0.2) is 0 Å². The molecule has 0 spiro atoms. The number of rotatable bonds is 5. The Morgan fingerprint density at radius 2 is 1.90 bits per heavy atom. The smallest absolute Gasteiger partial charge is 0.306 e. The van der Waals surface area contributed by atoms with E-state index in [2.05, 4.69) is 15.9 Å². The van der Waals surface area contributed by atoms with E-state index in [1.165, 1.54) is 38.5 Å². The minimum absolute atomic E-state index is 0.0184. The molecule has 4 aliphatic carbocycles. The van der Waals surface area contributed by atoms with E-state index < -0.39 is 0 Å². The first-order chi connectivity index (χ1) is 9.38. The van der Waals surface area contributed by atoms with Crippen molar-refractivity contribution in [3.63, 3.8) is 0 Å². The lowest BCUT2D eigenvalue weighted by molar-refractivity contribution is -0.151. The summed E-state index contributed by atoms with van der Waals surface area (Å²) in [5, 5.41) is 0. The molecular weight excluding hydrogens is 318 g/mol. The van der Waals surface area contributed by atoms with E-state index in [1.807, 2.05) is 19.0 Å². The van der Waals surface area contributed by atoms with Crippen LogP contribution in [-0.2, 0) is 9.53 Å². The number of esters is 1. The third kappa shape index (κ3) is 3.06. The van der Waals surface area contributed by atoms with Gasteiger partial charge < -0.3 is 9.64 Å². The van der Waals surface area contributed by atoms with E-state index in [9.17, 15) is 4.79 Å². The first-order valence-corrected chi connectivity index (χ1v) is 8.67. The fourth-order valence-electron chi connectivity index (χ4n) is 5.24. The second-order valence-electron chi connectivity index (χ2n) is 7.81. The Kier molecular flexibility index (Phi) is 3.91. The topological polar surface area (TPSA) is 29.5 Å². The number of nitrogens with zero attached hydrogens (tertiary/aromatic N) is 1. The van der Waals surface area contributed by atoms with Gasteiger partial charge >= 0.3 is 5.97 Å². The van der Waals surface area contributed by atoms with Gasteiger partial charge in [-0.1, -0.05) is 15.9 Å². The minimum atomic E-state index is 0.0184. The molecule has 4 aliphatic rings. The van der Waals surface area contributed by atoms with Crippen LogP contribution in [-0.4, -0.2) is 42.4 Å². The van der Waals surface area contributed by atoms with Crippen LogP contribution in [0.3, 0.4) is 0 Å². The maximum absolute atomic E-state index is 12.2. The summed E-state index contributed by atoms with van der Waals surface area (Å²) in [6.45, 7) is 1.33. The fourth-order valence-corrected chi connectivity index (χ4v) is 6.75. The Labute approximate surface area is 130 Å². The zero-order chi connectivity index (χ0) is 14.4. The summed E-state index contributed by atoms with van der Waals surface area (Å²) < 4.78 is 5.76. The third-order valence-electron chi connectivity index (χ3n) is 5.43. The van der Waals surface area contributed by atoms with E-state index >= 15 is 0 Å². The minimum Gasteiger partial charge on any atom is -0.464 e. The highest BCUT2D eigenvalue weighted by molar-refractivity contribution is 9.10. The second-order valence-corrected chi connectivity index (χ2v) is 9.49. The Morgan fingerprint density at radius 3 is 2.45 bits per heavy atom. The fraction of sp³-hybridized carbons (Fsp3) is 0.938. The van der Waals surface area contributed by atoms with Gasteiger partial charge in [0, 0.05) is 10.9 Å². The summed E-state index contributed by atoms with van der Waals surface area (Å²) in [4.78, 5) is 14.2. The molecule has 0 amide bonds. The lowest BCUT2D eigenvalue weighted by Gasteiger charge is -2.60. The lowest BCUT2D eigenvalue weighted by Crippen LogP contribution is -2.53. The van der Waals surface area contributed by atoms with Crippen molar-refractivity contribution >= 4 is 21.9 Å². The summed E-state index contributed by atoms with van der Waals surface area (Å²) in [6.07, 6.45) is 8.35. The van der Waals surface area contributed by atoms with Gasteiger partial charge in [-0.3, -0.25) is 4.79 Å². The quantitative estimate of drug-likeness (QED) is 0.567. The van der Waals surface area contributed by atoms with Crippen LogP contribution in [0.15, 0.2) is 0 Å². The molecule has 0 aromatic rings. The number of alkyl halides is 1. The first-order valence-electron chi connectivity index (χ1n) is 7.87. The Hall–Kier alpha value is -0.0900. The molecule has 0 aromatic heterocycles. The van der Waals surface area contributed by atoms with Crippen LogP contribution in [0.5, 0.6) is 0 Å². The average molecular weight is 344 g/mol. The lowest BCUT2D eigenvalue weighted by atomic mass is 9.49. The second kappa shape index (κ2) is 5.28. The largest absolute Gasteiger partial charge is 0.464 e. The maximum atomic E-state index is 12.2. The van der Waals surface area contributed by atoms with Crippen molar-refractivity contribution < 1.29 is 9.53 Å². The molecule has 114 valence electrons. The zero-order valence-corrected chi connectivity index (χ0v) is 14.2. The van der Waals surface area contributed by atoms with Crippen molar-refractivity contribution in [3.8, 4) is 0 Å². The molecule has 2 unspecified atom stereocenters. The standard InChI is InChI=1S/C16H26BrNO2/c1-18(2)3-4-20-14(19)10-15-6-12-5-13(7-15)9-16(17,8-12)11-15/h12-13H,3-11H2,1-2H3. The summed E-state index contributed by atoms with van der Waals surface area (Å²) in [7, 11) is 4.00. The summed E-state index contributed by atoms with van der Waals surface area (Å²) in [5.41, 5.74) is 0.239. The van der Waals surface area contributed by atoms with Gasteiger partial charge in [-0.15, -0.1) is 0 Å². The van der Waals surface area contributed by atoms with Gasteiger partial charge in [0.2, 0.25) is 0 Å². The van der Waals surface area contributed by atoms with Crippen molar-refractivity contribution in [2.24, 2.45) is 17.3 Å². The Balaban J connectivity index is 1.58. The van der Waals surface area contributed by atoms with E-state index in [0.717, 1.165) is 18.4 Å². The molecule has 0 radical (unpaired) electrons. The molecule has 4 bridgehead atoms. The highest BCUT2D eigenvalue weighted by atomic mass is 79.9. The molecular formula is C16H26BrNO2. The van der Waals surface area contributed by atoms with Crippen molar-refractivity contribution in [2.45, 2.75) is 49.3 Å². The van der Waals surface area contributed by atoms with Crippen LogP contribution in [0.2, 0.25) is 0 Å². The van der Waals surface area contributed by atoms with Gasteiger partial charge in [0.15, 0.2) is 0 Å². The normalized spacial score (nSPS) is 42.2. The average Bonchev–Trinajstić information content (AvgIpc) is 2.23. The molecule has 3 nitrogen and oxygen atoms in total. The molecule has 2 atom stereocenters. The van der Waals surface area contributed by atoms with Gasteiger partial charge in [-0.2, -0.15) is 0 Å². The molecule has 4 heteroatoms. The van der Waals surface area contributed by atoms with E-state index in [-0.39, 0.29) is 11.4 Å². The van der Waals surface area contributed by atoms with Gasteiger partial charge in [0.1, 0.15) is 6.61 Å². The molecule has 0 N–H and O–H groups in total. The van der Waals surface area contributed by atoms with Crippen LogP contribution >= 0.6 is 15.9 Å². The Morgan fingerprint density at radius 1 is 1.25 bits per heavy atom. The Bertz CT molecular complexity index is 382. The molecule has 4 saturated carbocycles. The molecule has 4 rings (SSSR count). The van der Waals surface area contributed by atoms with Gasteiger partial charge in [0.25, 0.3) is 0 Å². The number of carbonyl (C=O) groups is 1. The van der Waals surface area contributed by atoms with Gasteiger partial charge in [0.05, 0.1) is 6.42 Å². The zero-order valence-electron chi connectivity index (χ0n) is 12.7. The molecule has 0 aromatic carbocycles. The summed E-state index contributed by atoms with van der Waals surface area (Å²) >= 11 is 4.00. The van der Waals surface area contributed by atoms with E-state index in [1.54, 1.807) is 0 Å². The monoisotopic (exact) mass is 343 g/mol. The highest BCUT2D eigenvalue weighted by Gasteiger charge is 2.57. The number of hydrogen-bond donors (Lipinski definition) is 0. The van der Waals surface area contributed by atoms with Crippen LogP contribution in [0.4, 0.5) is 0 Å². The number of ether oxygens (including phenoxy) is 1. The van der Waals surface area contributed by atoms with E-state index in [0.29, 0.717) is 17.4 Å². The molecule has 4 fully saturated rings. The SMILES string of the molecule is CN(C)CCOC(=O)CC12CC3CC(CC(Br)(C3)C1)C2. The van der Waals surface area contributed by atoms with Crippen LogP contribution in [0.25, 0.3) is 0 Å². The predicted octanol–water partition coefficient (Wildman–Crippen LogP) is 3.22. The van der Waals surface area contributed by atoms with Crippen LogP contribution in [0.1, 0.15) is 44.9 Å². The summed E-state index contributed by atoms with van der Waals surface area (Å²) in [5.74, 6) is 1.69. The van der Waals surface area contributed by atoms with E-state index in [4.69, 9.17) is 4.74 Å². The third-order valence-corrected chi connectivity index (χ3v) is 6.36. The number of halogens is 1. The molecule has 0 heterocycles. The summed E-state index contributed by atoms with van der Waals surface area (Å²) in [6, 6.07) is 0. The molecule has 0 saturated heterocycles. The van der Waals surface area contributed by atoms with Gasteiger partial charge in [-0.05, 0) is 69.9 Å². The number of likely N-dealkylation sites (N-methyl/N-ethyl adjacent to an activating group) is 1. The van der Waals surface area contributed by atoms with Crippen molar-refractivity contribution in [3.05, 3.63) is 0 Å². The first kappa shape index (κ1) is 14.8. The number of hydrogen-bond acceptors (Lipinski definition) is 3. The van der Waals surface area contributed by atoms with Crippen molar-refractivity contribution in [1.29, 1.82) is 0 Å². The molecule has 0 aliphatic heterocycles. The van der Waals surface area contributed by atoms with Crippen LogP contribution < -0.4 is 0 Å². The van der Waals surface area contributed by atoms with Crippen molar-refractivity contribution in [1.82, 2.24) is 4.90 Å². The maximum Gasteiger partial charge on any atom is 0.306 e. The molecule has 20 heavy (non-hydrogen) atoms. The predicted molar refractivity (Wildman–Crippen MR) is 82.9 cm³/mol. The number of carbonyl (C=O) groups excluding carboxylic acids is 1. The highest BCUT2D eigenvalue weighted by Crippen LogP contribution is 2.65. The van der Waals surface area contributed by atoms with Crippen LogP contribution in [0, 0.1) is 17.3 Å².